The van der Waals surface area contributed by atoms with Gasteiger partial charge in [-0.2, -0.15) is 0 Å². The molecule has 1 N–H and O–H groups in total. The molecule has 0 amide bonds. The lowest BCUT2D eigenvalue weighted by molar-refractivity contribution is 0.137. The van der Waals surface area contributed by atoms with Crippen LogP contribution in [0.5, 0.6) is 0 Å². The van der Waals surface area contributed by atoms with Crippen LogP contribution in [0.1, 0.15) is 40.0 Å². The molecule has 2 heteroatoms. The van der Waals surface area contributed by atoms with Gasteiger partial charge in [-0.1, -0.05) is 20.8 Å². The van der Waals surface area contributed by atoms with E-state index < -0.39 is 0 Å². The maximum Gasteiger partial charge on any atom is 0.000958 e. The second-order valence-electron chi connectivity index (χ2n) is 5.15. The molecule has 2 unspecified atom stereocenters. The van der Waals surface area contributed by atoms with Gasteiger partial charge < -0.3 is 10.2 Å². The molecule has 0 aliphatic carbocycles. The van der Waals surface area contributed by atoms with Crippen LogP contribution in [0.4, 0.5) is 0 Å². The van der Waals surface area contributed by atoms with E-state index in [0.717, 1.165) is 11.8 Å². The quantitative estimate of drug-likeness (QED) is 0.680. The van der Waals surface area contributed by atoms with E-state index in [1.807, 2.05) is 0 Å². The smallest absolute Gasteiger partial charge is 0.000958 e. The molecule has 0 radical (unpaired) electrons. The van der Waals surface area contributed by atoms with Crippen LogP contribution in [-0.4, -0.2) is 37.6 Å². The first-order valence-electron chi connectivity index (χ1n) is 6.67. The fourth-order valence-corrected chi connectivity index (χ4v) is 2.28. The Balaban J connectivity index is 2.02. The predicted octanol–water partition coefficient (Wildman–Crippen LogP) is 2.35. The molecule has 2 nitrogen and oxygen atoms in total. The highest BCUT2D eigenvalue weighted by Gasteiger charge is 2.21. The Morgan fingerprint density at radius 1 is 1.20 bits per heavy atom. The third-order valence-electron chi connectivity index (χ3n) is 3.67. The third-order valence-corrected chi connectivity index (χ3v) is 3.67. The molecule has 1 fully saturated rings. The maximum absolute atomic E-state index is 3.47. The van der Waals surface area contributed by atoms with E-state index in [1.54, 1.807) is 0 Å². The van der Waals surface area contributed by atoms with Crippen LogP contribution < -0.4 is 5.32 Å². The molecule has 1 heterocycles. The Kier molecular flexibility index (Phi) is 6.26. The van der Waals surface area contributed by atoms with E-state index in [1.165, 1.54) is 52.0 Å². The van der Waals surface area contributed by atoms with Crippen molar-refractivity contribution >= 4 is 0 Å². The zero-order chi connectivity index (χ0) is 11.1. The van der Waals surface area contributed by atoms with Crippen molar-refractivity contribution in [3.05, 3.63) is 0 Å². The van der Waals surface area contributed by atoms with Gasteiger partial charge in [0.2, 0.25) is 0 Å². The minimum atomic E-state index is 0.891. The molecule has 15 heavy (non-hydrogen) atoms. The van der Waals surface area contributed by atoms with Crippen molar-refractivity contribution in [2.75, 3.05) is 32.7 Å². The fourth-order valence-electron chi connectivity index (χ4n) is 2.28. The van der Waals surface area contributed by atoms with E-state index >= 15 is 0 Å². The first kappa shape index (κ1) is 13.0. The summed E-state index contributed by atoms with van der Waals surface area (Å²) in [4.78, 5) is 2.64. The van der Waals surface area contributed by atoms with E-state index in [9.17, 15) is 0 Å². The number of hydrogen-bond donors (Lipinski definition) is 1. The molecule has 0 bridgehead atoms. The van der Waals surface area contributed by atoms with E-state index in [2.05, 4.69) is 31.0 Å². The van der Waals surface area contributed by atoms with Gasteiger partial charge in [0.25, 0.3) is 0 Å². The molecular formula is C13H28N2. The van der Waals surface area contributed by atoms with E-state index in [0.29, 0.717) is 0 Å². The lowest BCUT2D eigenvalue weighted by Gasteiger charge is -2.35. The number of rotatable bonds is 6. The van der Waals surface area contributed by atoms with Gasteiger partial charge >= 0.3 is 0 Å². The highest BCUT2D eigenvalue weighted by molar-refractivity contribution is 4.75. The van der Waals surface area contributed by atoms with Crippen LogP contribution in [0.25, 0.3) is 0 Å². The van der Waals surface area contributed by atoms with Crippen molar-refractivity contribution in [1.82, 2.24) is 10.2 Å². The second-order valence-corrected chi connectivity index (χ2v) is 5.15. The molecule has 90 valence electrons. The highest BCUT2D eigenvalue weighted by Crippen LogP contribution is 2.22. The monoisotopic (exact) mass is 212 g/mol. The molecule has 0 spiro atoms. The molecule has 1 aliphatic rings. The minimum Gasteiger partial charge on any atom is -0.317 e. The summed E-state index contributed by atoms with van der Waals surface area (Å²) in [6, 6.07) is 0. The second kappa shape index (κ2) is 7.24. The topological polar surface area (TPSA) is 15.3 Å². The Bertz CT molecular complexity index is 159. The summed E-state index contributed by atoms with van der Waals surface area (Å²) in [7, 11) is 0. The number of nitrogens with one attached hydrogen (secondary N) is 1. The van der Waals surface area contributed by atoms with Gasteiger partial charge in [0.15, 0.2) is 0 Å². The number of hydrogen-bond acceptors (Lipinski definition) is 2. The van der Waals surface area contributed by atoms with E-state index in [-0.39, 0.29) is 0 Å². The fraction of sp³-hybridized carbons (Fsp3) is 1.00. The average molecular weight is 212 g/mol. The van der Waals surface area contributed by atoms with Crippen LogP contribution in [0, 0.1) is 11.8 Å². The lowest BCUT2D eigenvalue weighted by Crippen LogP contribution is -2.39. The van der Waals surface area contributed by atoms with Crippen LogP contribution in [-0.2, 0) is 0 Å². The van der Waals surface area contributed by atoms with Gasteiger partial charge in [-0.15, -0.1) is 0 Å². The summed E-state index contributed by atoms with van der Waals surface area (Å²) in [6.45, 7) is 13.3. The van der Waals surface area contributed by atoms with Gasteiger partial charge in [-0.05, 0) is 57.3 Å². The van der Waals surface area contributed by atoms with Crippen LogP contribution >= 0.6 is 0 Å². The van der Waals surface area contributed by atoms with Crippen molar-refractivity contribution in [2.24, 2.45) is 11.8 Å². The molecule has 0 aromatic rings. The molecule has 1 aliphatic heterocycles. The summed E-state index contributed by atoms with van der Waals surface area (Å²) >= 11 is 0. The Hall–Kier alpha value is -0.0800. The van der Waals surface area contributed by atoms with Crippen molar-refractivity contribution in [1.29, 1.82) is 0 Å². The number of piperidine rings is 1. The third kappa shape index (κ3) is 4.98. The average Bonchev–Trinajstić information content (AvgIpc) is 2.23. The minimum absolute atomic E-state index is 0.891. The Labute approximate surface area is 95.4 Å². The van der Waals surface area contributed by atoms with Gasteiger partial charge in [-0.25, -0.2) is 0 Å². The van der Waals surface area contributed by atoms with Crippen LogP contribution in [0.15, 0.2) is 0 Å². The Morgan fingerprint density at radius 3 is 2.67 bits per heavy atom. The molecule has 1 rings (SSSR count). The molecule has 2 atom stereocenters. The SMILES string of the molecule is CCCNCCCN1CCC(C)C(C)C1. The van der Waals surface area contributed by atoms with Gasteiger partial charge in [-0.3, -0.25) is 0 Å². The lowest BCUT2D eigenvalue weighted by atomic mass is 9.89. The van der Waals surface area contributed by atoms with E-state index in [4.69, 9.17) is 0 Å². The largest absolute Gasteiger partial charge is 0.317 e. The van der Waals surface area contributed by atoms with Gasteiger partial charge in [0.1, 0.15) is 0 Å². The van der Waals surface area contributed by atoms with Crippen LogP contribution in [0.3, 0.4) is 0 Å². The van der Waals surface area contributed by atoms with Crippen molar-refractivity contribution in [3.8, 4) is 0 Å². The zero-order valence-corrected chi connectivity index (χ0v) is 10.8. The predicted molar refractivity (Wildman–Crippen MR) is 67.2 cm³/mol. The first-order chi connectivity index (χ1) is 7.24. The molecular weight excluding hydrogens is 184 g/mol. The zero-order valence-electron chi connectivity index (χ0n) is 10.8. The summed E-state index contributed by atoms with van der Waals surface area (Å²) < 4.78 is 0. The maximum atomic E-state index is 3.47. The standard InChI is InChI=1S/C13H28N2/c1-4-7-14-8-5-9-15-10-6-12(2)13(3)11-15/h12-14H,4-11H2,1-3H3. The van der Waals surface area contributed by atoms with Gasteiger partial charge in [0, 0.05) is 6.54 Å². The van der Waals surface area contributed by atoms with Crippen molar-refractivity contribution in [2.45, 2.75) is 40.0 Å². The first-order valence-corrected chi connectivity index (χ1v) is 6.67. The molecule has 0 saturated carbocycles. The normalized spacial score (nSPS) is 28.2. The summed E-state index contributed by atoms with van der Waals surface area (Å²) in [5.41, 5.74) is 0. The molecule has 0 aromatic heterocycles. The Morgan fingerprint density at radius 2 is 2.00 bits per heavy atom. The van der Waals surface area contributed by atoms with Crippen molar-refractivity contribution in [3.63, 3.8) is 0 Å². The van der Waals surface area contributed by atoms with Gasteiger partial charge in [0.05, 0.1) is 0 Å². The van der Waals surface area contributed by atoms with Crippen LogP contribution in [0.2, 0.25) is 0 Å². The number of nitrogens with zero attached hydrogens (tertiary/aromatic N) is 1. The summed E-state index contributed by atoms with van der Waals surface area (Å²) in [5, 5.41) is 3.47. The molecule has 0 aromatic carbocycles. The van der Waals surface area contributed by atoms with Crippen molar-refractivity contribution < 1.29 is 0 Å². The summed E-state index contributed by atoms with van der Waals surface area (Å²) in [6.07, 6.45) is 3.95. The highest BCUT2D eigenvalue weighted by atomic mass is 15.1. The number of likely N-dealkylation sites (tertiary alicyclic amines) is 1. The summed E-state index contributed by atoms with van der Waals surface area (Å²) in [5.74, 6) is 1.82. The molecule has 1 saturated heterocycles.